The first kappa shape index (κ1) is 13.8. The van der Waals surface area contributed by atoms with E-state index in [4.69, 9.17) is 4.74 Å². The van der Waals surface area contributed by atoms with Gasteiger partial charge in [-0.25, -0.2) is 0 Å². The van der Waals surface area contributed by atoms with E-state index in [-0.39, 0.29) is 18.1 Å². The summed E-state index contributed by atoms with van der Waals surface area (Å²) in [5.41, 5.74) is 2.54. The Morgan fingerprint density at radius 2 is 1.95 bits per heavy atom. The Morgan fingerprint density at radius 1 is 1.25 bits per heavy atom. The van der Waals surface area contributed by atoms with Gasteiger partial charge in [-0.2, -0.15) is 0 Å². The van der Waals surface area contributed by atoms with Gasteiger partial charge in [0.15, 0.2) is 0 Å². The van der Waals surface area contributed by atoms with Crippen molar-refractivity contribution < 1.29 is 9.84 Å². The summed E-state index contributed by atoms with van der Waals surface area (Å²) in [5, 5.41) is 9.97. The van der Waals surface area contributed by atoms with E-state index in [1.807, 2.05) is 6.07 Å². The molecule has 1 heterocycles. The van der Waals surface area contributed by atoms with Crippen LogP contribution < -0.4 is 0 Å². The van der Waals surface area contributed by atoms with Crippen molar-refractivity contribution in [1.82, 2.24) is 0 Å². The van der Waals surface area contributed by atoms with E-state index in [2.05, 4.69) is 51.1 Å². The van der Waals surface area contributed by atoms with Gasteiger partial charge in [-0.05, 0) is 24.3 Å². The maximum absolute atomic E-state index is 9.97. The van der Waals surface area contributed by atoms with Crippen molar-refractivity contribution in [2.24, 2.45) is 23.2 Å². The lowest BCUT2D eigenvalue weighted by Crippen LogP contribution is -2.53. The molecule has 2 heteroatoms. The van der Waals surface area contributed by atoms with Gasteiger partial charge in [0.25, 0.3) is 0 Å². The summed E-state index contributed by atoms with van der Waals surface area (Å²) in [6.45, 7) is 7.55. The Labute approximate surface area is 121 Å². The monoisotopic (exact) mass is 272 g/mol. The summed E-state index contributed by atoms with van der Waals surface area (Å²) >= 11 is 0. The average molecular weight is 272 g/mol. The highest BCUT2D eigenvalue weighted by atomic mass is 16.5. The van der Waals surface area contributed by atoms with Gasteiger partial charge in [-0.3, -0.25) is 0 Å². The third kappa shape index (κ3) is 1.86. The molecule has 2 bridgehead atoms. The molecule has 3 rings (SSSR count). The fourth-order valence-corrected chi connectivity index (χ4v) is 4.23. The number of aliphatic hydroxyl groups is 1. The van der Waals surface area contributed by atoms with Crippen molar-refractivity contribution in [3.05, 3.63) is 47.5 Å². The molecule has 0 saturated carbocycles. The number of benzene rings is 1. The Kier molecular flexibility index (Phi) is 3.47. The van der Waals surface area contributed by atoms with E-state index >= 15 is 0 Å². The van der Waals surface area contributed by atoms with E-state index < -0.39 is 0 Å². The molecule has 0 unspecified atom stereocenters. The summed E-state index contributed by atoms with van der Waals surface area (Å²) in [5.74, 6) is 1.18. The highest BCUT2D eigenvalue weighted by Gasteiger charge is 2.53. The van der Waals surface area contributed by atoms with Crippen LogP contribution >= 0.6 is 0 Å². The molecule has 0 amide bonds. The SMILES string of the molecule is CC1=C[C@@H](C)[C@@]2(CO)CO[C@H](c3ccccc3)[C@H]1[C@@H]2C. The topological polar surface area (TPSA) is 29.5 Å². The fraction of sp³-hybridized carbons (Fsp3) is 0.556. The molecule has 2 nitrogen and oxygen atoms in total. The second-order valence-electron chi connectivity index (χ2n) is 6.55. The van der Waals surface area contributed by atoms with Gasteiger partial charge in [0.1, 0.15) is 0 Å². The second-order valence-corrected chi connectivity index (χ2v) is 6.55. The summed E-state index contributed by atoms with van der Waals surface area (Å²) < 4.78 is 6.24. The Bertz CT molecular complexity index is 507. The molecule has 1 aromatic carbocycles. The van der Waals surface area contributed by atoms with Gasteiger partial charge in [-0.1, -0.05) is 55.8 Å². The van der Waals surface area contributed by atoms with Gasteiger partial charge >= 0.3 is 0 Å². The minimum atomic E-state index is -0.116. The van der Waals surface area contributed by atoms with Crippen LogP contribution in [0, 0.1) is 23.2 Å². The zero-order chi connectivity index (χ0) is 14.3. The first-order chi connectivity index (χ1) is 9.60. The molecule has 108 valence electrons. The number of rotatable bonds is 2. The highest BCUT2D eigenvalue weighted by Crippen LogP contribution is 2.55. The molecule has 1 aliphatic heterocycles. The first-order valence-electron chi connectivity index (χ1n) is 7.56. The maximum Gasteiger partial charge on any atom is 0.0893 e. The Hall–Kier alpha value is -1.12. The van der Waals surface area contributed by atoms with Crippen LogP contribution in [0.3, 0.4) is 0 Å². The van der Waals surface area contributed by atoms with Gasteiger partial charge < -0.3 is 9.84 Å². The quantitative estimate of drug-likeness (QED) is 0.834. The zero-order valence-electron chi connectivity index (χ0n) is 12.5. The van der Waals surface area contributed by atoms with Crippen LogP contribution in [0.1, 0.15) is 32.4 Å². The summed E-state index contributed by atoms with van der Waals surface area (Å²) in [7, 11) is 0. The second kappa shape index (κ2) is 5.01. The number of ether oxygens (including phenoxy) is 1. The lowest BCUT2D eigenvalue weighted by molar-refractivity contribution is -0.165. The number of hydrogen-bond acceptors (Lipinski definition) is 2. The molecule has 20 heavy (non-hydrogen) atoms. The molecule has 1 fully saturated rings. The molecular weight excluding hydrogens is 248 g/mol. The number of hydrogen-bond donors (Lipinski definition) is 1. The lowest BCUT2D eigenvalue weighted by atomic mass is 9.56. The smallest absolute Gasteiger partial charge is 0.0893 e. The third-order valence-electron chi connectivity index (χ3n) is 5.67. The summed E-state index contributed by atoms with van der Waals surface area (Å²) in [6, 6.07) is 10.5. The van der Waals surface area contributed by atoms with E-state index in [1.165, 1.54) is 11.1 Å². The summed E-state index contributed by atoms with van der Waals surface area (Å²) in [4.78, 5) is 0. The minimum absolute atomic E-state index is 0.116. The minimum Gasteiger partial charge on any atom is -0.396 e. The summed E-state index contributed by atoms with van der Waals surface area (Å²) in [6.07, 6.45) is 2.47. The van der Waals surface area contributed by atoms with Crippen molar-refractivity contribution in [1.29, 1.82) is 0 Å². The van der Waals surface area contributed by atoms with E-state index in [9.17, 15) is 5.11 Å². The van der Waals surface area contributed by atoms with Crippen molar-refractivity contribution >= 4 is 0 Å². The third-order valence-corrected chi connectivity index (χ3v) is 5.67. The Balaban J connectivity index is 2.02. The molecule has 1 aromatic rings. The lowest BCUT2D eigenvalue weighted by Gasteiger charge is -2.55. The zero-order valence-corrected chi connectivity index (χ0v) is 12.5. The van der Waals surface area contributed by atoms with Crippen molar-refractivity contribution in [2.75, 3.05) is 13.2 Å². The van der Waals surface area contributed by atoms with Crippen LogP contribution in [-0.4, -0.2) is 18.3 Å². The molecule has 1 saturated heterocycles. The van der Waals surface area contributed by atoms with Crippen LogP contribution in [0.15, 0.2) is 42.0 Å². The number of allylic oxidation sites excluding steroid dienone is 1. The number of fused-ring (bicyclic) bond motifs is 2. The van der Waals surface area contributed by atoms with Crippen LogP contribution in [0.25, 0.3) is 0 Å². The van der Waals surface area contributed by atoms with Gasteiger partial charge in [0.2, 0.25) is 0 Å². The van der Waals surface area contributed by atoms with Gasteiger partial charge in [0, 0.05) is 11.3 Å². The predicted molar refractivity (Wildman–Crippen MR) is 80.2 cm³/mol. The van der Waals surface area contributed by atoms with E-state index in [1.54, 1.807) is 0 Å². The maximum atomic E-state index is 9.97. The molecule has 2 aliphatic rings. The van der Waals surface area contributed by atoms with E-state index in [0.717, 1.165) is 0 Å². The largest absolute Gasteiger partial charge is 0.396 e. The fourth-order valence-electron chi connectivity index (χ4n) is 4.23. The standard InChI is InChI=1S/C18H24O2/c1-12-9-13(2)18(10-19)11-20-17(16(12)14(18)3)15-7-5-4-6-8-15/h4-9,13-14,16-17,19H,10-11H2,1-3H3/t13-,14+,16-,17-,18-/m1/s1. The highest BCUT2D eigenvalue weighted by molar-refractivity contribution is 5.27. The van der Waals surface area contributed by atoms with Crippen molar-refractivity contribution in [3.63, 3.8) is 0 Å². The molecule has 1 aliphatic carbocycles. The van der Waals surface area contributed by atoms with Crippen LogP contribution in [0.4, 0.5) is 0 Å². The van der Waals surface area contributed by atoms with Crippen LogP contribution in [0.2, 0.25) is 0 Å². The normalized spacial score (nSPS) is 40.3. The predicted octanol–water partition coefficient (Wildman–Crippen LogP) is 3.58. The Morgan fingerprint density at radius 3 is 2.60 bits per heavy atom. The van der Waals surface area contributed by atoms with E-state index in [0.29, 0.717) is 24.4 Å². The molecule has 5 atom stereocenters. The molecule has 0 spiro atoms. The van der Waals surface area contributed by atoms with Crippen LogP contribution in [-0.2, 0) is 4.74 Å². The van der Waals surface area contributed by atoms with Crippen molar-refractivity contribution in [3.8, 4) is 0 Å². The average Bonchev–Trinajstić information content (AvgIpc) is 2.46. The molecule has 1 N–H and O–H groups in total. The van der Waals surface area contributed by atoms with Crippen LogP contribution in [0.5, 0.6) is 0 Å². The van der Waals surface area contributed by atoms with Gasteiger partial charge in [0.05, 0.1) is 19.3 Å². The molecule has 0 aromatic heterocycles. The molecular formula is C18H24O2. The molecule has 0 radical (unpaired) electrons. The first-order valence-corrected chi connectivity index (χ1v) is 7.56. The van der Waals surface area contributed by atoms with Crippen molar-refractivity contribution in [2.45, 2.75) is 26.9 Å². The number of aliphatic hydroxyl groups excluding tert-OH is 1. The van der Waals surface area contributed by atoms with Gasteiger partial charge in [-0.15, -0.1) is 0 Å².